The maximum absolute atomic E-state index is 13.1. The van der Waals surface area contributed by atoms with Gasteiger partial charge >= 0.3 is 13.7 Å². The van der Waals surface area contributed by atoms with E-state index in [9.17, 15) is 14.3 Å². The highest BCUT2D eigenvalue weighted by molar-refractivity contribution is 7.50. The van der Waals surface area contributed by atoms with Crippen LogP contribution >= 0.6 is 19.3 Å². The van der Waals surface area contributed by atoms with E-state index >= 15 is 0 Å². The zero-order chi connectivity index (χ0) is 29.8. The lowest BCUT2D eigenvalue weighted by molar-refractivity contribution is -0.148. The van der Waals surface area contributed by atoms with Crippen LogP contribution < -0.4 is 15.6 Å². The maximum atomic E-state index is 13.1. The number of imidazole rings is 1. The van der Waals surface area contributed by atoms with Crippen molar-refractivity contribution in [2.45, 2.75) is 63.8 Å². The molecule has 0 aliphatic carbocycles. The summed E-state index contributed by atoms with van der Waals surface area (Å²) in [7, 11) is -4.34. The van der Waals surface area contributed by atoms with Crippen molar-refractivity contribution in [2.75, 3.05) is 25.6 Å². The molecule has 224 valence electrons. The minimum absolute atomic E-state index is 0.00767. The number of esters is 1. The molecule has 15 heteroatoms. The van der Waals surface area contributed by atoms with E-state index in [0.29, 0.717) is 30.6 Å². The Morgan fingerprint density at radius 3 is 2.76 bits per heavy atom. The molecule has 41 heavy (non-hydrogen) atoms. The normalized spacial score (nSPS) is 23.0. The lowest BCUT2D eigenvalue weighted by Gasteiger charge is -2.24. The average molecular weight is 611 g/mol. The molecule has 13 nitrogen and oxygen atoms in total. The van der Waals surface area contributed by atoms with Crippen LogP contribution in [0.5, 0.6) is 5.88 Å². The van der Waals surface area contributed by atoms with Gasteiger partial charge in [-0.15, -0.1) is 11.6 Å². The van der Waals surface area contributed by atoms with Crippen LogP contribution in [0.2, 0.25) is 0 Å². The topological polar surface area (TPSA) is 173 Å². The van der Waals surface area contributed by atoms with Crippen molar-refractivity contribution in [1.82, 2.24) is 24.6 Å². The van der Waals surface area contributed by atoms with E-state index in [2.05, 4.69) is 20.0 Å². The number of aromatic nitrogens is 4. The van der Waals surface area contributed by atoms with E-state index in [1.54, 1.807) is 25.3 Å². The number of nitrogen functional groups attached to an aromatic ring is 1. The molecule has 1 aliphatic heterocycles. The Balaban J connectivity index is 1.43. The molecule has 0 radical (unpaired) electrons. The van der Waals surface area contributed by atoms with Crippen molar-refractivity contribution in [3.05, 3.63) is 42.2 Å². The minimum Gasteiger partial charge on any atom is -0.476 e. The van der Waals surface area contributed by atoms with Crippen molar-refractivity contribution in [1.29, 1.82) is 0 Å². The summed E-state index contributed by atoms with van der Waals surface area (Å²) in [5.41, 5.74) is 7.57. The van der Waals surface area contributed by atoms with Gasteiger partial charge in [-0.1, -0.05) is 44.2 Å². The summed E-state index contributed by atoms with van der Waals surface area (Å²) in [6.45, 7) is 7.07. The molecule has 2 aromatic heterocycles. The Kier molecular flexibility index (Phi) is 9.89. The van der Waals surface area contributed by atoms with Gasteiger partial charge in [-0.05, 0) is 32.3 Å². The van der Waals surface area contributed by atoms with Gasteiger partial charge in [-0.2, -0.15) is 9.97 Å². The first-order chi connectivity index (χ1) is 19.4. The highest BCUT2D eigenvalue weighted by atomic mass is 35.5. The second-order valence-corrected chi connectivity index (χ2v) is 12.8. The Morgan fingerprint density at radius 1 is 1.34 bits per heavy atom. The number of anilines is 1. The molecule has 4 N–H and O–H groups in total. The van der Waals surface area contributed by atoms with Gasteiger partial charge in [0.25, 0.3) is 0 Å². The molecule has 1 aromatic carbocycles. The summed E-state index contributed by atoms with van der Waals surface area (Å²) >= 11 is 6.85. The Labute approximate surface area is 243 Å². The largest absolute Gasteiger partial charge is 0.476 e. The van der Waals surface area contributed by atoms with Crippen molar-refractivity contribution in [3.63, 3.8) is 0 Å². The van der Waals surface area contributed by atoms with Gasteiger partial charge in [0.15, 0.2) is 17.4 Å². The summed E-state index contributed by atoms with van der Waals surface area (Å²) in [5.74, 6) is -0.478. The number of fused-ring (bicyclic) bond motifs is 1. The first-order valence-corrected chi connectivity index (χ1v) is 15.3. The molecule has 0 amide bonds. The van der Waals surface area contributed by atoms with Gasteiger partial charge in [0, 0.05) is 0 Å². The predicted molar refractivity (Wildman–Crippen MR) is 152 cm³/mol. The molecular formula is C26H36ClN6O7P. The number of carbonyl (C=O) groups excluding carboxylic acids is 1. The van der Waals surface area contributed by atoms with Gasteiger partial charge in [0.2, 0.25) is 11.8 Å². The molecule has 0 bridgehead atoms. The fourth-order valence-corrected chi connectivity index (χ4v) is 5.93. The SMILES string of the molecule is CCOc1nc(N)nc2c1ncn2[C@@H]1O[C@H](CO[P@](=O)(O)N[C@H](COC(=O)C(C)C)Cc2ccccc2)C[C@@]1(C)Cl. The molecule has 4 rings (SSSR count). The van der Waals surface area contributed by atoms with Crippen LogP contribution in [-0.4, -0.2) is 67.2 Å². The summed E-state index contributed by atoms with van der Waals surface area (Å²) in [6.07, 6.45) is 0.792. The number of nitrogens with zero attached hydrogens (tertiary/aromatic N) is 4. The molecule has 0 unspecified atom stereocenters. The fraction of sp³-hybridized carbons (Fsp3) is 0.538. The van der Waals surface area contributed by atoms with Gasteiger partial charge in [-0.3, -0.25) is 13.9 Å². The number of rotatable bonds is 13. The van der Waals surface area contributed by atoms with Crippen LogP contribution in [0.15, 0.2) is 36.7 Å². The number of halogens is 1. The van der Waals surface area contributed by atoms with E-state index in [1.165, 1.54) is 6.33 Å². The molecule has 0 saturated carbocycles. The number of alkyl halides is 1. The zero-order valence-corrected chi connectivity index (χ0v) is 25.0. The van der Waals surface area contributed by atoms with E-state index in [-0.39, 0.29) is 31.0 Å². The quantitative estimate of drug-likeness (QED) is 0.146. The summed E-state index contributed by atoms with van der Waals surface area (Å²) in [5, 5.41) is 2.63. The van der Waals surface area contributed by atoms with E-state index in [1.807, 2.05) is 37.3 Å². The average Bonchev–Trinajstić information content (AvgIpc) is 3.45. The van der Waals surface area contributed by atoms with Gasteiger partial charge in [0.1, 0.15) is 6.61 Å². The van der Waals surface area contributed by atoms with Gasteiger partial charge < -0.3 is 24.8 Å². The Hall–Kier alpha value is -2.80. The van der Waals surface area contributed by atoms with Crippen LogP contribution in [0.25, 0.3) is 11.2 Å². The summed E-state index contributed by atoms with van der Waals surface area (Å²) in [4.78, 5) is 34.5. The first-order valence-electron chi connectivity index (χ1n) is 13.3. The number of hydrogen-bond donors (Lipinski definition) is 3. The monoisotopic (exact) mass is 610 g/mol. The number of nitrogens with two attached hydrogens (primary N) is 1. The smallest absolute Gasteiger partial charge is 0.403 e. The fourth-order valence-electron chi connectivity index (χ4n) is 4.53. The van der Waals surface area contributed by atoms with Crippen LogP contribution in [0.1, 0.15) is 45.9 Å². The maximum Gasteiger partial charge on any atom is 0.403 e. The number of hydrogen-bond acceptors (Lipinski definition) is 10. The molecule has 1 aliphatic rings. The molecular weight excluding hydrogens is 575 g/mol. The minimum atomic E-state index is -4.34. The molecule has 1 fully saturated rings. The molecule has 0 spiro atoms. The van der Waals surface area contributed by atoms with Crippen LogP contribution in [-0.2, 0) is 29.8 Å². The molecule has 5 atom stereocenters. The molecule has 3 heterocycles. The second-order valence-electron chi connectivity index (χ2n) is 10.4. The first kappa shape index (κ1) is 31.1. The third-order valence-electron chi connectivity index (χ3n) is 6.41. The number of ether oxygens (including phenoxy) is 3. The molecule has 1 saturated heterocycles. The van der Waals surface area contributed by atoms with E-state index in [0.717, 1.165) is 5.56 Å². The highest BCUT2D eigenvalue weighted by Gasteiger charge is 2.46. The van der Waals surface area contributed by atoms with Crippen LogP contribution in [0.3, 0.4) is 0 Å². The summed E-state index contributed by atoms with van der Waals surface area (Å²) in [6, 6.07) is 8.68. The standard InChI is InChI=1S/C26H36ClN6O7P/c1-5-37-22-20-21(30-25(28)31-22)33(15-29-20)24-26(4,27)12-19(40-24)14-39-41(35,36)32-18(13-38-23(34)16(2)3)11-17-9-7-6-8-10-17/h6-10,15-16,18-19,24H,5,11-14H2,1-4H3,(H2,28,30,31)(H2,32,35,36)/t18-,19-,24+,26+/m0/s1. The lowest BCUT2D eigenvalue weighted by atomic mass is 10.1. The zero-order valence-electron chi connectivity index (χ0n) is 23.4. The predicted octanol–water partition coefficient (Wildman–Crippen LogP) is 3.61. The van der Waals surface area contributed by atoms with Crippen LogP contribution in [0.4, 0.5) is 5.95 Å². The van der Waals surface area contributed by atoms with Gasteiger partial charge in [0.05, 0.1) is 42.5 Å². The second kappa shape index (κ2) is 13.0. The molecule has 3 aromatic rings. The van der Waals surface area contributed by atoms with Crippen molar-refractivity contribution in [2.24, 2.45) is 5.92 Å². The number of nitrogens with one attached hydrogen (secondary N) is 1. The van der Waals surface area contributed by atoms with Crippen molar-refractivity contribution in [3.8, 4) is 5.88 Å². The van der Waals surface area contributed by atoms with E-state index < -0.39 is 37.0 Å². The third-order valence-corrected chi connectivity index (χ3v) is 7.94. The number of benzene rings is 1. The lowest BCUT2D eigenvalue weighted by Crippen LogP contribution is -2.35. The Bertz CT molecular complexity index is 1390. The number of carbonyl (C=O) groups is 1. The summed E-state index contributed by atoms with van der Waals surface area (Å²) < 4.78 is 37.2. The third kappa shape index (κ3) is 7.94. The van der Waals surface area contributed by atoms with E-state index in [4.69, 9.17) is 36.1 Å². The van der Waals surface area contributed by atoms with Gasteiger partial charge in [-0.25, -0.2) is 14.6 Å². The van der Waals surface area contributed by atoms with Crippen LogP contribution in [0, 0.1) is 5.92 Å². The Morgan fingerprint density at radius 2 is 2.07 bits per heavy atom. The highest BCUT2D eigenvalue weighted by Crippen LogP contribution is 2.46. The van der Waals surface area contributed by atoms with Crippen molar-refractivity contribution >= 4 is 42.4 Å². The van der Waals surface area contributed by atoms with Crippen molar-refractivity contribution < 1.29 is 33.0 Å².